The molecule has 0 saturated carbocycles. The van der Waals surface area contributed by atoms with Crippen LogP contribution in [0, 0.1) is 5.41 Å². The van der Waals surface area contributed by atoms with Crippen LogP contribution in [0.1, 0.15) is 54.0 Å². The first kappa shape index (κ1) is 19.2. The van der Waals surface area contributed by atoms with E-state index in [-0.39, 0.29) is 17.5 Å². The van der Waals surface area contributed by atoms with Gasteiger partial charge in [0, 0.05) is 24.1 Å². The molecule has 2 nitrogen and oxygen atoms in total. The zero-order valence-corrected chi connectivity index (χ0v) is 16.3. The number of hydrogen-bond donors (Lipinski definition) is 0. The molecule has 1 aromatic carbocycles. The van der Waals surface area contributed by atoms with E-state index in [0.717, 1.165) is 10.9 Å². The molecule has 0 radical (unpaired) electrons. The molecule has 124 valence electrons. The van der Waals surface area contributed by atoms with Gasteiger partial charge >= 0.3 is 0 Å². The monoisotopic (exact) mass is 321 g/mol. The Morgan fingerprint density at radius 1 is 1.05 bits per heavy atom. The summed E-state index contributed by atoms with van der Waals surface area (Å²) in [6.07, 6.45) is 2.12. The first-order chi connectivity index (χ1) is 9.98. The molecule has 0 spiro atoms. The van der Waals surface area contributed by atoms with E-state index in [1.54, 1.807) is 0 Å². The summed E-state index contributed by atoms with van der Waals surface area (Å²) in [6, 6.07) is 10.7. The fourth-order valence-corrected chi connectivity index (χ4v) is 6.91. The number of allylic oxidation sites excluding steroid dienone is 1. The smallest absolute Gasteiger partial charge is 0.172 e. The Bertz CT molecular complexity index is 545. The fraction of sp³-hybridized carbons (Fsp3) is 0.579. The van der Waals surface area contributed by atoms with Crippen molar-refractivity contribution < 1.29 is 4.57 Å². The molecular weight excluding hydrogens is 289 g/mol. The maximum atomic E-state index is 13.8. The topological polar surface area (TPSA) is 20.3 Å². The predicted octanol–water partition coefficient (Wildman–Crippen LogP) is 6.10. The maximum absolute atomic E-state index is 13.8. The van der Waals surface area contributed by atoms with Gasteiger partial charge in [-0.3, -0.25) is 0 Å². The molecule has 22 heavy (non-hydrogen) atoms. The van der Waals surface area contributed by atoms with Crippen LogP contribution in [0.25, 0.3) is 6.08 Å². The second-order valence-corrected chi connectivity index (χ2v) is 10.3. The van der Waals surface area contributed by atoms with E-state index >= 15 is 0 Å². The number of benzene rings is 1. The van der Waals surface area contributed by atoms with Gasteiger partial charge in [0.05, 0.1) is 0 Å². The van der Waals surface area contributed by atoms with Crippen molar-refractivity contribution in [2.45, 2.75) is 60.5 Å². The van der Waals surface area contributed by atoms with Gasteiger partial charge in [0.1, 0.15) is 0 Å². The lowest BCUT2D eigenvalue weighted by Gasteiger charge is -2.41. The zero-order valence-electron chi connectivity index (χ0n) is 15.4. The normalized spacial score (nSPS) is 16.4. The van der Waals surface area contributed by atoms with E-state index in [9.17, 15) is 4.57 Å². The summed E-state index contributed by atoms with van der Waals surface area (Å²) in [4.78, 5) is 0. The van der Waals surface area contributed by atoms with Crippen LogP contribution >= 0.6 is 7.29 Å². The van der Waals surface area contributed by atoms with Crippen LogP contribution in [0.5, 0.6) is 0 Å². The Balaban J connectivity index is 3.46. The van der Waals surface area contributed by atoms with E-state index in [1.165, 1.54) is 0 Å². The molecule has 0 fully saturated rings. The van der Waals surface area contributed by atoms with Gasteiger partial charge in [-0.2, -0.15) is 0 Å². The molecule has 0 aromatic heterocycles. The summed E-state index contributed by atoms with van der Waals surface area (Å²) < 4.78 is 16.0. The number of rotatable bonds is 5. The van der Waals surface area contributed by atoms with Gasteiger partial charge in [0.2, 0.25) is 0 Å². The lowest BCUT2D eigenvalue weighted by Crippen LogP contribution is -2.35. The third kappa shape index (κ3) is 4.57. The van der Waals surface area contributed by atoms with Crippen molar-refractivity contribution in [3.05, 3.63) is 41.2 Å². The second kappa shape index (κ2) is 7.15. The molecule has 0 bridgehead atoms. The van der Waals surface area contributed by atoms with Crippen LogP contribution in [-0.2, 0) is 4.57 Å². The average Bonchev–Trinajstić information content (AvgIpc) is 2.34. The van der Waals surface area contributed by atoms with E-state index in [0.29, 0.717) is 0 Å². The van der Waals surface area contributed by atoms with Gasteiger partial charge in [-0.05, 0) is 44.7 Å². The van der Waals surface area contributed by atoms with E-state index in [1.807, 2.05) is 24.9 Å². The first-order valence-electron chi connectivity index (χ1n) is 8.12. The highest BCUT2D eigenvalue weighted by Gasteiger charge is 2.38. The lowest BCUT2D eigenvalue weighted by molar-refractivity contribution is 0.300. The highest BCUT2D eigenvalue weighted by atomic mass is 31.2. The lowest BCUT2D eigenvalue weighted by atomic mass is 9.94. The molecule has 0 saturated heterocycles. The van der Waals surface area contributed by atoms with Gasteiger partial charge < -0.3 is 4.57 Å². The van der Waals surface area contributed by atoms with Crippen LogP contribution in [0.15, 0.2) is 35.6 Å². The molecule has 1 rings (SSSR count). The molecule has 1 unspecified atom stereocenters. The Hall–Kier alpha value is -0.850. The Morgan fingerprint density at radius 2 is 1.50 bits per heavy atom. The Kier molecular flexibility index (Phi) is 6.24. The number of nitrogens with zero attached hydrogens (tertiary/aromatic N) is 1. The molecule has 0 aliphatic carbocycles. The summed E-state index contributed by atoms with van der Waals surface area (Å²) >= 11 is 0. The van der Waals surface area contributed by atoms with Crippen molar-refractivity contribution in [3.8, 4) is 0 Å². The molecule has 0 heterocycles. The van der Waals surface area contributed by atoms with E-state index in [2.05, 4.69) is 71.3 Å². The van der Waals surface area contributed by atoms with Gasteiger partial charge in [-0.25, -0.2) is 4.67 Å². The highest BCUT2D eigenvalue weighted by molar-refractivity contribution is 7.65. The minimum Gasteiger partial charge on any atom is -0.302 e. The number of hydrogen-bond acceptors (Lipinski definition) is 1. The maximum Gasteiger partial charge on any atom is 0.172 e. The Labute approximate surface area is 137 Å². The Morgan fingerprint density at radius 3 is 1.86 bits per heavy atom. The van der Waals surface area contributed by atoms with Crippen molar-refractivity contribution in [2.75, 3.05) is 6.66 Å². The standard InChI is InChI=1S/C19H32NOP/c1-15(2)20(16(3)4)22(8,21)18(19(5,6)7)14-17-12-10-9-11-13-17/h9-16H,1-8H3/b18-14+. The fourth-order valence-electron chi connectivity index (χ4n) is 3.27. The van der Waals surface area contributed by atoms with Crippen molar-refractivity contribution >= 4 is 13.4 Å². The van der Waals surface area contributed by atoms with Crippen molar-refractivity contribution in [3.63, 3.8) is 0 Å². The van der Waals surface area contributed by atoms with Crippen LogP contribution < -0.4 is 0 Å². The third-order valence-corrected chi connectivity index (χ3v) is 7.32. The average molecular weight is 321 g/mol. The molecule has 0 aliphatic heterocycles. The van der Waals surface area contributed by atoms with Crippen LogP contribution in [0.2, 0.25) is 0 Å². The van der Waals surface area contributed by atoms with E-state index < -0.39 is 7.29 Å². The summed E-state index contributed by atoms with van der Waals surface area (Å²) in [6.45, 7) is 16.9. The van der Waals surface area contributed by atoms with Gasteiger partial charge in [0.25, 0.3) is 0 Å². The summed E-state index contributed by atoms with van der Waals surface area (Å²) in [5.74, 6) is 0. The van der Waals surface area contributed by atoms with Crippen molar-refractivity contribution in [2.24, 2.45) is 5.41 Å². The molecular formula is C19H32NOP. The largest absolute Gasteiger partial charge is 0.302 e. The minimum atomic E-state index is -2.62. The SMILES string of the molecule is CC(C)N(C(C)C)P(C)(=O)/C(=C/c1ccccc1)C(C)(C)C. The van der Waals surface area contributed by atoms with E-state index in [4.69, 9.17) is 0 Å². The summed E-state index contributed by atoms with van der Waals surface area (Å²) in [7, 11) is -2.62. The minimum absolute atomic E-state index is 0.137. The van der Waals surface area contributed by atoms with Crippen LogP contribution in [0.4, 0.5) is 0 Å². The van der Waals surface area contributed by atoms with Crippen molar-refractivity contribution in [1.29, 1.82) is 0 Å². The van der Waals surface area contributed by atoms with Crippen molar-refractivity contribution in [1.82, 2.24) is 4.67 Å². The van der Waals surface area contributed by atoms with Crippen LogP contribution in [0.3, 0.4) is 0 Å². The highest BCUT2D eigenvalue weighted by Crippen LogP contribution is 2.62. The zero-order chi connectivity index (χ0) is 17.1. The second-order valence-electron chi connectivity index (χ2n) is 7.64. The third-order valence-electron chi connectivity index (χ3n) is 3.82. The van der Waals surface area contributed by atoms with Gasteiger partial charge in [-0.15, -0.1) is 0 Å². The van der Waals surface area contributed by atoms with Gasteiger partial charge in [0.15, 0.2) is 7.29 Å². The molecule has 0 amide bonds. The summed E-state index contributed by atoms with van der Waals surface area (Å²) in [5.41, 5.74) is 0.976. The molecule has 0 N–H and O–H groups in total. The van der Waals surface area contributed by atoms with Gasteiger partial charge in [-0.1, -0.05) is 51.1 Å². The quantitative estimate of drug-likeness (QED) is 0.611. The summed E-state index contributed by atoms with van der Waals surface area (Å²) in [5, 5.41) is 1.04. The van der Waals surface area contributed by atoms with Crippen LogP contribution in [-0.4, -0.2) is 23.4 Å². The predicted molar refractivity (Wildman–Crippen MR) is 99.5 cm³/mol. The molecule has 1 atom stereocenters. The molecule has 1 aromatic rings. The molecule has 3 heteroatoms. The molecule has 0 aliphatic rings. The first-order valence-corrected chi connectivity index (χ1v) is 10.2.